The Labute approximate surface area is 192 Å². The maximum Gasteiger partial charge on any atom is 0.211 e. The van der Waals surface area contributed by atoms with Gasteiger partial charge >= 0.3 is 0 Å². The molecule has 162 valence electrons. The average molecular weight is 543 g/mol. The van der Waals surface area contributed by atoms with Gasteiger partial charge in [0.15, 0.2) is 0 Å². The van der Waals surface area contributed by atoms with Crippen LogP contribution in [0.3, 0.4) is 0 Å². The first-order valence-corrected chi connectivity index (χ1v) is 13.4. The summed E-state index contributed by atoms with van der Waals surface area (Å²) in [5.74, 6) is 0.660. The van der Waals surface area contributed by atoms with Crippen molar-refractivity contribution < 1.29 is 17.5 Å². The summed E-state index contributed by atoms with van der Waals surface area (Å²) in [6, 6.07) is 7.54. The molecule has 2 aromatic rings. The highest BCUT2D eigenvalue weighted by Gasteiger charge is 2.29. The Bertz CT molecular complexity index is 1060. The van der Waals surface area contributed by atoms with Crippen molar-refractivity contribution in [3.8, 4) is 16.9 Å². The van der Waals surface area contributed by atoms with Gasteiger partial charge in [0.2, 0.25) is 10.0 Å². The summed E-state index contributed by atoms with van der Waals surface area (Å²) < 4.78 is 46.1. The first kappa shape index (κ1) is 22.0. The quantitative estimate of drug-likeness (QED) is 0.387. The molecule has 2 aliphatic rings. The van der Waals surface area contributed by atoms with Crippen molar-refractivity contribution in [3.05, 3.63) is 52.3 Å². The molecule has 4 nitrogen and oxygen atoms in total. The van der Waals surface area contributed by atoms with Gasteiger partial charge in [-0.2, -0.15) is 4.31 Å². The minimum atomic E-state index is -3.20. The molecule has 0 saturated carbocycles. The van der Waals surface area contributed by atoms with E-state index in [1.165, 1.54) is 10.6 Å². The number of halogens is 2. The zero-order valence-electron chi connectivity index (χ0n) is 17.5. The van der Waals surface area contributed by atoms with E-state index >= 15 is 0 Å². The molecule has 2 aromatic carbocycles. The maximum atomic E-state index is 14.4. The minimum Gasteiger partial charge on any atom is -0.489 e. The first-order valence-electron chi connectivity index (χ1n) is 10.3. The van der Waals surface area contributed by atoms with Crippen molar-refractivity contribution in [2.24, 2.45) is 0 Å². The summed E-state index contributed by atoms with van der Waals surface area (Å²) in [4.78, 5) is 0. The molecule has 0 amide bonds. The molecule has 1 aliphatic carbocycles. The number of rotatable bonds is 4. The molecular formula is C23H27FINO3S. The zero-order chi connectivity index (χ0) is 21.6. The van der Waals surface area contributed by atoms with Crippen LogP contribution in [-0.4, -0.2) is 38.2 Å². The van der Waals surface area contributed by atoms with Crippen LogP contribution in [0.5, 0.6) is 5.75 Å². The molecule has 4 rings (SSSR count). The summed E-state index contributed by atoms with van der Waals surface area (Å²) in [6.07, 6.45) is 4.62. The largest absolute Gasteiger partial charge is 0.489 e. The maximum absolute atomic E-state index is 14.4. The van der Waals surface area contributed by atoms with Crippen LogP contribution in [0, 0.1) is 19.7 Å². The molecule has 1 fully saturated rings. The molecule has 7 heteroatoms. The van der Waals surface area contributed by atoms with Crippen LogP contribution in [0.4, 0.5) is 4.39 Å². The number of hydrogen-bond donors (Lipinski definition) is 0. The second kappa shape index (κ2) is 8.39. The van der Waals surface area contributed by atoms with Gasteiger partial charge in [0, 0.05) is 16.0 Å². The summed E-state index contributed by atoms with van der Waals surface area (Å²) in [5.41, 5.74) is 6.43. The number of piperidine rings is 1. The Kier molecular flexibility index (Phi) is 6.16. The Morgan fingerprint density at radius 3 is 2.53 bits per heavy atom. The Hall–Kier alpha value is -1.19. The molecule has 30 heavy (non-hydrogen) atoms. The van der Waals surface area contributed by atoms with Crippen molar-refractivity contribution in [1.82, 2.24) is 4.31 Å². The van der Waals surface area contributed by atoms with E-state index in [-0.39, 0.29) is 15.8 Å². The number of fused-ring (bicyclic) bond motifs is 1. The fraction of sp³-hybridized carbons (Fsp3) is 0.478. The van der Waals surface area contributed by atoms with E-state index in [1.54, 1.807) is 6.07 Å². The minimum absolute atomic E-state index is 0.103. The van der Waals surface area contributed by atoms with Gasteiger partial charge < -0.3 is 4.74 Å². The van der Waals surface area contributed by atoms with Gasteiger partial charge in [-0.15, -0.1) is 0 Å². The van der Waals surface area contributed by atoms with Crippen LogP contribution in [0.1, 0.15) is 45.4 Å². The number of hydrogen-bond acceptors (Lipinski definition) is 3. The van der Waals surface area contributed by atoms with Crippen LogP contribution in [0.15, 0.2) is 24.3 Å². The van der Waals surface area contributed by atoms with E-state index in [2.05, 4.69) is 36.4 Å². The van der Waals surface area contributed by atoms with E-state index in [9.17, 15) is 12.8 Å². The van der Waals surface area contributed by atoms with Gasteiger partial charge in [-0.1, -0.05) is 28.7 Å². The van der Waals surface area contributed by atoms with Gasteiger partial charge in [0.05, 0.1) is 12.8 Å². The van der Waals surface area contributed by atoms with Crippen molar-refractivity contribution in [1.29, 1.82) is 0 Å². The van der Waals surface area contributed by atoms with E-state index in [1.807, 2.05) is 18.2 Å². The highest BCUT2D eigenvalue weighted by atomic mass is 127. The Morgan fingerprint density at radius 2 is 1.87 bits per heavy atom. The number of ether oxygens (including phenoxy) is 1. The second-order valence-electron chi connectivity index (χ2n) is 8.43. The lowest BCUT2D eigenvalue weighted by atomic mass is 9.90. The lowest BCUT2D eigenvalue weighted by Gasteiger charge is -2.31. The topological polar surface area (TPSA) is 46.6 Å². The second-order valence-corrected chi connectivity index (χ2v) is 11.9. The molecular weight excluding hydrogens is 516 g/mol. The highest BCUT2D eigenvalue weighted by Crippen LogP contribution is 2.45. The van der Waals surface area contributed by atoms with Crippen LogP contribution in [-0.2, 0) is 16.4 Å². The molecule has 1 heterocycles. The number of sulfonamides is 1. The standard InChI is InChI=1S/C23H27FINO3S/c1-14-11-17(29-16-5-4-10-26(13-16)30(3,27)28)12-15(2)22(14)18-6-8-20(24)23-19(18)7-9-21(23)25/h6,8,11-12,16,21H,4-5,7,9-10,13H2,1-3H3/t16-,21+/m0/s1. The summed E-state index contributed by atoms with van der Waals surface area (Å²) in [5, 5.41) is 0. The smallest absolute Gasteiger partial charge is 0.211 e. The fourth-order valence-electron chi connectivity index (χ4n) is 4.81. The number of alkyl halides is 1. The molecule has 0 N–H and O–H groups in total. The number of aryl methyl sites for hydroxylation is 2. The highest BCUT2D eigenvalue weighted by molar-refractivity contribution is 14.1. The van der Waals surface area contributed by atoms with E-state index in [0.717, 1.165) is 64.8 Å². The van der Waals surface area contributed by atoms with Crippen LogP contribution >= 0.6 is 22.6 Å². The molecule has 0 radical (unpaired) electrons. The third-order valence-electron chi connectivity index (χ3n) is 6.15. The zero-order valence-corrected chi connectivity index (χ0v) is 20.5. The van der Waals surface area contributed by atoms with E-state index in [0.29, 0.717) is 13.1 Å². The first-order chi connectivity index (χ1) is 14.1. The molecule has 2 atom stereocenters. The molecule has 0 bridgehead atoms. The van der Waals surface area contributed by atoms with Gasteiger partial charge in [-0.25, -0.2) is 12.8 Å². The number of benzene rings is 2. The van der Waals surface area contributed by atoms with Crippen LogP contribution in [0.2, 0.25) is 0 Å². The van der Waals surface area contributed by atoms with Gasteiger partial charge in [-0.3, -0.25) is 0 Å². The molecule has 0 unspecified atom stereocenters. The summed E-state index contributed by atoms with van der Waals surface area (Å²) >= 11 is 2.34. The SMILES string of the molecule is Cc1cc(O[C@H]2CCCN(S(C)(=O)=O)C2)cc(C)c1-c1ccc(F)c2c1CC[C@H]2I. The molecule has 1 saturated heterocycles. The third-order valence-corrected chi connectivity index (χ3v) is 8.67. The third kappa shape index (κ3) is 4.25. The fourth-order valence-corrected chi connectivity index (χ4v) is 6.69. The van der Waals surface area contributed by atoms with Crippen molar-refractivity contribution in [2.75, 3.05) is 19.3 Å². The van der Waals surface area contributed by atoms with Crippen LogP contribution in [0.25, 0.3) is 11.1 Å². The van der Waals surface area contributed by atoms with E-state index in [4.69, 9.17) is 4.74 Å². The molecule has 0 aromatic heterocycles. The van der Waals surface area contributed by atoms with Crippen molar-refractivity contribution >= 4 is 32.6 Å². The molecule has 0 spiro atoms. The summed E-state index contributed by atoms with van der Waals surface area (Å²) in [6.45, 7) is 5.07. The van der Waals surface area contributed by atoms with Crippen LogP contribution < -0.4 is 4.74 Å². The Morgan fingerprint density at radius 1 is 1.17 bits per heavy atom. The monoisotopic (exact) mass is 543 g/mol. The predicted octanol–water partition coefficient (Wildman–Crippen LogP) is 5.33. The lowest BCUT2D eigenvalue weighted by Crippen LogP contribution is -2.43. The van der Waals surface area contributed by atoms with Crippen molar-refractivity contribution in [3.63, 3.8) is 0 Å². The van der Waals surface area contributed by atoms with E-state index < -0.39 is 10.0 Å². The Balaban J connectivity index is 1.63. The average Bonchev–Trinajstić information content (AvgIpc) is 3.05. The van der Waals surface area contributed by atoms with Gasteiger partial charge in [-0.05, 0) is 85.5 Å². The number of nitrogens with zero attached hydrogens (tertiary/aromatic N) is 1. The molecule has 1 aliphatic heterocycles. The van der Waals surface area contributed by atoms with Gasteiger partial charge in [0.25, 0.3) is 0 Å². The predicted molar refractivity (Wildman–Crippen MR) is 126 cm³/mol. The lowest BCUT2D eigenvalue weighted by molar-refractivity contribution is 0.130. The summed E-state index contributed by atoms with van der Waals surface area (Å²) in [7, 11) is -3.20. The normalized spacial score (nSPS) is 22.2. The van der Waals surface area contributed by atoms with Gasteiger partial charge in [0.1, 0.15) is 17.7 Å². The van der Waals surface area contributed by atoms with Crippen molar-refractivity contribution in [2.45, 2.75) is 49.6 Å².